The molecule has 2 N–H and O–H groups in total. The largest absolute Gasteiger partial charge is 0.483 e. The van der Waals surface area contributed by atoms with Gasteiger partial charge < -0.3 is 15.3 Å². The third-order valence-corrected chi connectivity index (χ3v) is 6.34. The van der Waals surface area contributed by atoms with Gasteiger partial charge in [0.15, 0.2) is 0 Å². The first-order valence-electron chi connectivity index (χ1n) is 11.2. The van der Waals surface area contributed by atoms with E-state index in [0.717, 1.165) is 24.3 Å². The van der Waals surface area contributed by atoms with Gasteiger partial charge in [-0.25, -0.2) is 4.98 Å². The lowest BCUT2D eigenvalue weighted by molar-refractivity contribution is -0.128. The van der Waals surface area contributed by atoms with Gasteiger partial charge >= 0.3 is 0 Å². The zero-order valence-electron chi connectivity index (χ0n) is 18.4. The molecule has 6 heteroatoms. The minimum absolute atomic E-state index is 0.250. The van der Waals surface area contributed by atoms with Crippen LogP contribution < -0.4 is 5.32 Å². The molecule has 2 aromatic carbocycles. The normalized spacial score (nSPS) is 14.8. The molecular weight excluding hydrogens is 402 g/mol. The Morgan fingerprint density at radius 3 is 2.50 bits per heavy atom. The van der Waals surface area contributed by atoms with Crippen molar-refractivity contribution in [2.45, 2.75) is 52.1 Å². The van der Waals surface area contributed by atoms with Crippen molar-refractivity contribution in [2.75, 3.05) is 11.9 Å². The molecule has 1 saturated heterocycles. The van der Waals surface area contributed by atoms with Crippen LogP contribution in [0.2, 0.25) is 0 Å². The number of nitrogens with one attached hydrogen (secondary N) is 1. The number of anilines is 1. The summed E-state index contributed by atoms with van der Waals surface area (Å²) in [6.45, 7) is 4.20. The Balaban J connectivity index is 0.000000775. The zero-order valence-corrected chi connectivity index (χ0v) is 18.4. The number of carbonyl (C=O) groups excluding carboxylic acids is 1. The monoisotopic (exact) mass is 431 g/mol. The highest BCUT2D eigenvalue weighted by Crippen LogP contribution is 2.29. The van der Waals surface area contributed by atoms with Crippen LogP contribution in [0.4, 0.5) is 5.82 Å². The molecule has 0 unspecified atom stereocenters. The Bertz CT molecular complexity index is 1140. The third kappa shape index (κ3) is 4.74. The quantitative estimate of drug-likeness (QED) is 0.583. The van der Waals surface area contributed by atoms with Gasteiger partial charge in [0.05, 0.1) is 5.52 Å². The summed E-state index contributed by atoms with van der Waals surface area (Å²) in [6, 6.07) is 15.2. The van der Waals surface area contributed by atoms with Gasteiger partial charge in [0.2, 0.25) is 5.91 Å². The van der Waals surface area contributed by atoms with Crippen LogP contribution in [0, 0.1) is 6.92 Å². The number of fused-ring (bicyclic) bond motifs is 2. The van der Waals surface area contributed by atoms with Crippen molar-refractivity contribution in [2.24, 2.45) is 0 Å². The number of likely N-dealkylation sites (tertiary alicyclic amines) is 1. The molecule has 0 atom stereocenters. The molecule has 3 aromatic rings. The number of aromatic nitrogens is 1. The molecule has 0 bridgehead atoms. The molecule has 6 nitrogen and oxygen atoms in total. The first kappa shape index (κ1) is 21.8. The highest BCUT2D eigenvalue weighted by atomic mass is 16.3. The minimum Gasteiger partial charge on any atom is -0.483 e. The summed E-state index contributed by atoms with van der Waals surface area (Å²) < 4.78 is 0. The van der Waals surface area contributed by atoms with Gasteiger partial charge in [-0.3, -0.25) is 9.59 Å². The number of nitrogens with zero attached hydrogens (tertiary/aromatic N) is 2. The second-order valence-corrected chi connectivity index (χ2v) is 8.46. The molecule has 2 heterocycles. The Morgan fingerprint density at radius 1 is 1.06 bits per heavy atom. The van der Waals surface area contributed by atoms with E-state index < -0.39 is 0 Å². The van der Waals surface area contributed by atoms with Crippen molar-refractivity contribution in [1.29, 1.82) is 0 Å². The number of carboxylic acid groups (broad SMARTS) is 1. The zero-order chi connectivity index (χ0) is 22.5. The summed E-state index contributed by atoms with van der Waals surface area (Å²) in [5.41, 5.74) is 7.74. The Morgan fingerprint density at radius 2 is 1.78 bits per heavy atom. The van der Waals surface area contributed by atoms with Crippen LogP contribution in [-0.4, -0.2) is 33.9 Å². The highest BCUT2D eigenvalue weighted by molar-refractivity contribution is 5.85. The van der Waals surface area contributed by atoms with E-state index in [0.29, 0.717) is 19.5 Å². The summed E-state index contributed by atoms with van der Waals surface area (Å²) in [5, 5.41) is 11.7. The van der Waals surface area contributed by atoms with Gasteiger partial charge in [0.1, 0.15) is 5.82 Å². The van der Waals surface area contributed by atoms with Crippen molar-refractivity contribution in [3.63, 3.8) is 0 Å². The predicted molar refractivity (Wildman–Crippen MR) is 126 cm³/mol. The topological polar surface area (TPSA) is 82.5 Å². The molecule has 0 spiro atoms. The fourth-order valence-electron chi connectivity index (χ4n) is 4.70. The number of carbonyl (C=O) groups is 2. The van der Waals surface area contributed by atoms with E-state index in [1.807, 2.05) is 4.90 Å². The first-order chi connectivity index (χ1) is 15.6. The number of hydrogen-bond acceptors (Lipinski definition) is 4. The van der Waals surface area contributed by atoms with Crippen molar-refractivity contribution < 1.29 is 14.7 Å². The molecule has 166 valence electrons. The van der Waals surface area contributed by atoms with Gasteiger partial charge in [0, 0.05) is 31.4 Å². The number of benzene rings is 2. The van der Waals surface area contributed by atoms with Crippen LogP contribution in [0.1, 0.15) is 47.1 Å². The summed E-state index contributed by atoms with van der Waals surface area (Å²) in [6.07, 6.45) is 5.28. The first-order valence-corrected chi connectivity index (χ1v) is 11.2. The molecule has 1 aliphatic heterocycles. The molecule has 1 aliphatic carbocycles. The van der Waals surface area contributed by atoms with E-state index in [-0.39, 0.29) is 12.4 Å². The molecule has 1 amide bonds. The average molecular weight is 432 g/mol. The van der Waals surface area contributed by atoms with Gasteiger partial charge in [0.25, 0.3) is 6.47 Å². The summed E-state index contributed by atoms with van der Waals surface area (Å²) >= 11 is 0. The molecule has 5 rings (SSSR count). The lowest BCUT2D eigenvalue weighted by atomic mass is 10.0. The SMILES string of the molecule is Cc1cc(NCc2ccccc2CN2CCCC2=O)nc2cc3c(cc12)CCC3.O=CO. The standard InChI is InChI=1S/C25H27N3O.CH2O2/c1-17-12-24(27-23-14-19-9-4-8-18(19)13-22(17)23)26-15-20-6-2-3-7-21(20)16-28-11-5-10-25(28)29;2-1-3/h2-3,6-7,12-14H,4-5,8-11,15-16H2,1H3,(H,26,27);1H,(H,2,3). The summed E-state index contributed by atoms with van der Waals surface area (Å²) in [5.74, 6) is 1.19. The summed E-state index contributed by atoms with van der Waals surface area (Å²) in [7, 11) is 0. The molecule has 1 aromatic heterocycles. The van der Waals surface area contributed by atoms with Gasteiger partial charge in [-0.2, -0.15) is 0 Å². The molecule has 0 saturated carbocycles. The second kappa shape index (κ2) is 9.81. The highest BCUT2D eigenvalue weighted by Gasteiger charge is 2.21. The Kier molecular flexibility index (Phi) is 6.69. The second-order valence-electron chi connectivity index (χ2n) is 8.46. The summed E-state index contributed by atoms with van der Waals surface area (Å²) in [4.78, 5) is 27.2. The number of amides is 1. The fraction of sp³-hybridized carbons (Fsp3) is 0.346. The maximum Gasteiger partial charge on any atom is 0.290 e. The van der Waals surface area contributed by atoms with Crippen molar-refractivity contribution in [3.8, 4) is 0 Å². The number of rotatable bonds is 5. The lowest BCUT2D eigenvalue weighted by Crippen LogP contribution is -2.24. The van der Waals surface area contributed by atoms with E-state index in [2.05, 4.69) is 54.7 Å². The maximum absolute atomic E-state index is 12.0. The Hall–Kier alpha value is -3.41. The number of aryl methyl sites for hydroxylation is 3. The fourth-order valence-corrected chi connectivity index (χ4v) is 4.70. The lowest BCUT2D eigenvalue weighted by Gasteiger charge is -2.18. The smallest absolute Gasteiger partial charge is 0.290 e. The molecule has 32 heavy (non-hydrogen) atoms. The van der Waals surface area contributed by atoms with E-state index in [1.54, 1.807) is 0 Å². The van der Waals surface area contributed by atoms with Crippen molar-refractivity contribution in [1.82, 2.24) is 9.88 Å². The molecule has 0 radical (unpaired) electrons. The van der Waals surface area contributed by atoms with Gasteiger partial charge in [-0.15, -0.1) is 0 Å². The van der Waals surface area contributed by atoms with Gasteiger partial charge in [-0.1, -0.05) is 24.3 Å². The van der Waals surface area contributed by atoms with Crippen LogP contribution in [0.25, 0.3) is 10.9 Å². The van der Waals surface area contributed by atoms with E-state index in [9.17, 15) is 4.79 Å². The van der Waals surface area contributed by atoms with Crippen LogP contribution in [0.3, 0.4) is 0 Å². The molecule has 1 fully saturated rings. The van der Waals surface area contributed by atoms with Crippen LogP contribution in [0.15, 0.2) is 42.5 Å². The molecular formula is C26H29N3O3. The van der Waals surface area contributed by atoms with Crippen LogP contribution in [0.5, 0.6) is 0 Å². The van der Waals surface area contributed by atoms with Crippen LogP contribution in [-0.2, 0) is 35.5 Å². The van der Waals surface area contributed by atoms with E-state index in [1.165, 1.54) is 52.5 Å². The maximum atomic E-state index is 12.0. The van der Waals surface area contributed by atoms with E-state index in [4.69, 9.17) is 14.9 Å². The number of pyridine rings is 1. The third-order valence-electron chi connectivity index (χ3n) is 6.34. The van der Waals surface area contributed by atoms with Crippen molar-refractivity contribution >= 4 is 29.1 Å². The number of hydrogen-bond donors (Lipinski definition) is 2. The Labute approximate surface area is 188 Å². The van der Waals surface area contributed by atoms with Crippen molar-refractivity contribution in [3.05, 3.63) is 70.3 Å². The van der Waals surface area contributed by atoms with E-state index >= 15 is 0 Å². The average Bonchev–Trinajstić information content (AvgIpc) is 3.41. The minimum atomic E-state index is -0.250. The molecule has 2 aliphatic rings. The predicted octanol–water partition coefficient (Wildman–Crippen LogP) is 4.47. The van der Waals surface area contributed by atoms with Crippen LogP contribution >= 0.6 is 0 Å². The van der Waals surface area contributed by atoms with Gasteiger partial charge in [-0.05, 0) is 78.6 Å².